The van der Waals surface area contributed by atoms with E-state index in [-0.39, 0.29) is 24.1 Å². The van der Waals surface area contributed by atoms with Crippen LogP contribution in [0.3, 0.4) is 0 Å². The lowest BCUT2D eigenvalue weighted by Gasteiger charge is -2.37. The quantitative estimate of drug-likeness (QED) is 0.831. The molecule has 29 heavy (non-hydrogen) atoms. The Kier molecular flexibility index (Phi) is 5.55. The number of carbonyl (C=O) groups excluding carboxylic acids is 2. The topological polar surface area (TPSA) is 52.7 Å². The van der Waals surface area contributed by atoms with Crippen LogP contribution in [0, 0.1) is 17.8 Å². The van der Waals surface area contributed by atoms with Gasteiger partial charge in [0.1, 0.15) is 0 Å². The minimum atomic E-state index is -4.52. The van der Waals surface area contributed by atoms with Crippen LogP contribution < -0.4 is 5.32 Å². The number of piperazine rings is 1. The Morgan fingerprint density at radius 2 is 1.76 bits per heavy atom. The number of alkyl halides is 3. The van der Waals surface area contributed by atoms with Gasteiger partial charge in [0.2, 0.25) is 11.8 Å². The summed E-state index contributed by atoms with van der Waals surface area (Å²) in [7, 11) is 0. The molecular formula is C21H26F3N3O2. The lowest BCUT2D eigenvalue weighted by atomic mass is 9.87. The van der Waals surface area contributed by atoms with Crippen molar-refractivity contribution in [3.05, 3.63) is 29.8 Å². The number of amides is 2. The highest BCUT2D eigenvalue weighted by molar-refractivity contribution is 5.93. The van der Waals surface area contributed by atoms with Gasteiger partial charge in [-0.2, -0.15) is 13.2 Å². The summed E-state index contributed by atoms with van der Waals surface area (Å²) in [4.78, 5) is 28.9. The Labute approximate surface area is 168 Å². The third-order valence-corrected chi connectivity index (χ3v) is 6.61. The minimum Gasteiger partial charge on any atom is -0.340 e. The van der Waals surface area contributed by atoms with Crippen LogP contribution in [0.4, 0.5) is 18.9 Å². The van der Waals surface area contributed by atoms with Crippen LogP contribution in [-0.2, 0) is 15.8 Å². The van der Waals surface area contributed by atoms with Gasteiger partial charge in [0.25, 0.3) is 0 Å². The van der Waals surface area contributed by atoms with E-state index in [0.29, 0.717) is 32.1 Å². The van der Waals surface area contributed by atoms with Crippen LogP contribution in [0.1, 0.15) is 31.2 Å². The third-order valence-electron chi connectivity index (χ3n) is 6.61. The van der Waals surface area contributed by atoms with Crippen molar-refractivity contribution in [1.29, 1.82) is 0 Å². The second-order valence-electron chi connectivity index (χ2n) is 8.47. The van der Waals surface area contributed by atoms with Crippen molar-refractivity contribution in [3.63, 3.8) is 0 Å². The van der Waals surface area contributed by atoms with Gasteiger partial charge in [-0.05, 0) is 43.2 Å². The fourth-order valence-electron chi connectivity index (χ4n) is 5.14. The molecule has 1 heterocycles. The Morgan fingerprint density at radius 3 is 2.38 bits per heavy atom. The highest BCUT2D eigenvalue weighted by atomic mass is 19.4. The van der Waals surface area contributed by atoms with Crippen LogP contribution in [0.25, 0.3) is 0 Å². The first-order chi connectivity index (χ1) is 13.8. The number of rotatable bonds is 4. The Bertz CT molecular complexity index is 775. The van der Waals surface area contributed by atoms with Gasteiger partial charge >= 0.3 is 6.18 Å². The predicted molar refractivity (Wildman–Crippen MR) is 102 cm³/mol. The van der Waals surface area contributed by atoms with Crippen molar-refractivity contribution in [2.45, 2.75) is 31.9 Å². The molecule has 2 amide bonds. The summed E-state index contributed by atoms with van der Waals surface area (Å²) < 4.78 is 39.2. The van der Waals surface area contributed by atoms with E-state index in [1.54, 1.807) is 0 Å². The fourth-order valence-corrected chi connectivity index (χ4v) is 5.14. The maximum absolute atomic E-state index is 13.1. The summed E-state index contributed by atoms with van der Waals surface area (Å²) in [6.07, 6.45) is 0.117. The van der Waals surface area contributed by atoms with Crippen molar-refractivity contribution in [3.8, 4) is 0 Å². The zero-order chi connectivity index (χ0) is 20.6. The summed E-state index contributed by atoms with van der Waals surface area (Å²) in [5.74, 6) is 1.21. The largest absolute Gasteiger partial charge is 0.418 e. The highest BCUT2D eigenvalue weighted by Gasteiger charge is 2.44. The predicted octanol–water partition coefficient (Wildman–Crippen LogP) is 3.22. The molecular weight excluding hydrogens is 383 g/mol. The molecule has 3 unspecified atom stereocenters. The molecule has 4 rings (SSSR count). The molecule has 1 N–H and O–H groups in total. The van der Waals surface area contributed by atoms with Gasteiger partial charge < -0.3 is 10.2 Å². The first-order valence-electron chi connectivity index (χ1n) is 10.3. The number of hydrogen-bond acceptors (Lipinski definition) is 3. The van der Waals surface area contributed by atoms with Gasteiger partial charge in [-0.3, -0.25) is 14.5 Å². The maximum atomic E-state index is 13.1. The van der Waals surface area contributed by atoms with E-state index in [9.17, 15) is 22.8 Å². The van der Waals surface area contributed by atoms with Crippen LogP contribution in [0.15, 0.2) is 24.3 Å². The summed E-state index contributed by atoms with van der Waals surface area (Å²) >= 11 is 0. The maximum Gasteiger partial charge on any atom is 0.418 e. The molecule has 2 aliphatic carbocycles. The Balaban J connectivity index is 1.27. The number of nitrogens with zero attached hydrogens (tertiary/aromatic N) is 2. The highest BCUT2D eigenvalue weighted by Crippen LogP contribution is 2.48. The molecule has 0 aromatic heterocycles. The van der Waals surface area contributed by atoms with E-state index in [0.717, 1.165) is 18.4 Å². The second-order valence-corrected chi connectivity index (χ2v) is 8.47. The van der Waals surface area contributed by atoms with Gasteiger partial charge in [-0.25, -0.2) is 0 Å². The summed E-state index contributed by atoms with van der Waals surface area (Å²) in [5, 5.41) is 2.38. The van der Waals surface area contributed by atoms with Crippen molar-refractivity contribution in [1.82, 2.24) is 9.80 Å². The Morgan fingerprint density at radius 1 is 1.03 bits per heavy atom. The number of fused-ring (bicyclic) bond motifs is 2. The number of para-hydroxylation sites is 1. The van der Waals surface area contributed by atoms with Gasteiger partial charge in [0, 0.05) is 32.1 Å². The summed E-state index contributed by atoms with van der Waals surface area (Å²) in [6, 6.07) is 4.97. The zero-order valence-electron chi connectivity index (χ0n) is 16.3. The molecule has 3 fully saturated rings. The monoisotopic (exact) mass is 409 g/mol. The molecule has 5 nitrogen and oxygen atoms in total. The molecule has 2 saturated carbocycles. The zero-order valence-corrected chi connectivity index (χ0v) is 16.3. The van der Waals surface area contributed by atoms with Crippen LogP contribution in [0.5, 0.6) is 0 Å². The van der Waals surface area contributed by atoms with Gasteiger partial charge in [-0.15, -0.1) is 0 Å². The smallest absolute Gasteiger partial charge is 0.340 e. The molecule has 3 atom stereocenters. The average molecular weight is 409 g/mol. The normalized spacial score (nSPS) is 27.3. The first-order valence-corrected chi connectivity index (χ1v) is 10.3. The van der Waals surface area contributed by atoms with Crippen molar-refractivity contribution in [2.75, 3.05) is 38.0 Å². The number of halogens is 3. The minimum absolute atomic E-state index is 0.0162. The van der Waals surface area contributed by atoms with Crippen molar-refractivity contribution < 1.29 is 22.8 Å². The molecule has 8 heteroatoms. The number of benzene rings is 1. The van der Waals surface area contributed by atoms with Crippen molar-refractivity contribution in [2.24, 2.45) is 17.8 Å². The second kappa shape index (κ2) is 7.97. The SMILES string of the molecule is O=C(CN1CCN(C(=O)C2CC3CCC2C3)CC1)Nc1ccccc1C(F)(F)F. The molecule has 0 spiro atoms. The fraction of sp³-hybridized carbons (Fsp3) is 0.619. The lowest BCUT2D eigenvalue weighted by molar-refractivity contribution is -0.139. The number of nitrogens with one attached hydrogen (secondary N) is 1. The summed E-state index contributed by atoms with van der Waals surface area (Å²) in [5.41, 5.74) is -1.08. The van der Waals surface area contributed by atoms with Crippen LogP contribution >= 0.6 is 0 Å². The molecule has 1 saturated heterocycles. The average Bonchev–Trinajstić information content (AvgIpc) is 3.31. The lowest BCUT2D eigenvalue weighted by Crippen LogP contribution is -2.52. The first kappa shape index (κ1) is 20.2. The van der Waals surface area contributed by atoms with E-state index >= 15 is 0 Å². The van der Waals surface area contributed by atoms with Gasteiger partial charge in [-0.1, -0.05) is 18.6 Å². The number of hydrogen-bond donors (Lipinski definition) is 1. The van der Waals surface area contributed by atoms with E-state index in [1.165, 1.54) is 37.5 Å². The molecule has 1 aliphatic heterocycles. The van der Waals surface area contributed by atoms with Gasteiger partial charge in [0.05, 0.1) is 17.8 Å². The van der Waals surface area contributed by atoms with E-state index < -0.39 is 17.6 Å². The van der Waals surface area contributed by atoms with Gasteiger partial charge in [0.15, 0.2) is 0 Å². The standard InChI is InChI=1S/C21H26F3N3O2/c22-21(23,24)17-3-1-2-4-18(17)25-19(28)13-26-7-9-27(10-8-26)20(29)16-12-14-5-6-15(16)11-14/h1-4,14-16H,5-13H2,(H,25,28). The molecule has 3 aliphatic rings. The van der Waals surface area contributed by atoms with E-state index in [1.807, 2.05) is 9.80 Å². The number of anilines is 1. The van der Waals surface area contributed by atoms with E-state index in [4.69, 9.17) is 0 Å². The molecule has 1 aromatic carbocycles. The molecule has 2 bridgehead atoms. The molecule has 1 aromatic rings. The van der Waals surface area contributed by atoms with Crippen LogP contribution in [0.2, 0.25) is 0 Å². The number of carbonyl (C=O) groups is 2. The molecule has 0 radical (unpaired) electrons. The third kappa shape index (κ3) is 4.42. The van der Waals surface area contributed by atoms with Crippen LogP contribution in [-0.4, -0.2) is 54.3 Å². The summed E-state index contributed by atoms with van der Waals surface area (Å²) in [6.45, 7) is 2.27. The van der Waals surface area contributed by atoms with E-state index in [2.05, 4.69) is 5.32 Å². The Hall–Kier alpha value is -2.09. The van der Waals surface area contributed by atoms with Crippen molar-refractivity contribution >= 4 is 17.5 Å². The molecule has 158 valence electrons.